The molecule has 1 fully saturated rings. The van der Waals surface area contributed by atoms with Crippen LogP contribution in [-0.4, -0.2) is 55.2 Å². The van der Waals surface area contributed by atoms with Gasteiger partial charge >= 0.3 is 0 Å². The maximum Gasteiger partial charge on any atom is 0.260 e. The minimum absolute atomic E-state index is 0. The minimum atomic E-state index is -0.0251. The molecule has 31 heavy (non-hydrogen) atoms. The first kappa shape index (κ1) is 24.0. The molecule has 1 aliphatic rings. The van der Waals surface area contributed by atoms with Crippen LogP contribution in [0.3, 0.4) is 0 Å². The summed E-state index contributed by atoms with van der Waals surface area (Å²) in [5.41, 5.74) is 4.77. The molecule has 4 rings (SSSR count). The van der Waals surface area contributed by atoms with E-state index in [2.05, 4.69) is 11.0 Å². The summed E-state index contributed by atoms with van der Waals surface area (Å²) in [6.07, 6.45) is 0. The van der Waals surface area contributed by atoms with E-state index in [0.717, 1.165) is 59.8 Å². The third-order valence-electron chi connectivity index (χ3n) is 5.37. The van der Waals surface area contributed by atoms with E-state index in [9.17, 15) is 4.79 Å². The van der Waals surface area contributed by atoms with Gasteiger partial charge in [0.1, 0.15) is 0 Å². The van der Waals surface area contributed by atoms with Gasteiger partial charge in [0.2, 0.25) is 0 Å². The lowest BCUT2D eigenvalue weighted by molar-refractivity contribution is 0.0391. The highest BCUT2D eigenvalue weighted by Crippen LogP contribution is 2.36. The van der Waals surface area contributed by atoms with Crippen LogP contribution in [0.2, 0.25) is 5.02 Å². The van der Waals surface area contributed by atoms with Crippen molar-refractivity contribution in [2.75, 3.05) is 44.3 Å². The Morgan fingerprint density at radius 1 is 1.16 bits per heavy atom. The minimum Gasteiger partial charge on any atom is -0.379 e. The van der Waals surface area contributed by atoms with Crippen LogP contribution < -0.4 is 4.90 Å². The van der Waals surface area contributed by atoms with Crippen molar-refractivity contribution in [1.82, 2.24) is 9.88 Å². The lowest BCUT2D eigenvalue weighted by Crippen LogP contribution is -2.43. The molecule has 1 aliphatic heterocycles. The summed E-state index contributed by atoms with van der Waals surface area (Å²) in [7, 11) is 0. The Balaban J connectivity index is 0.00000272. The summed E-state index contributed by atoms with van der Waals surface area (Å²) in [5, 5.41) is 1.37. The number of thiazole rings is 1. The van der Waals surface area contributed by atoms with E-state index < -0.39 is 0 Å². The van der Waals surface area contributed by atoms with Crippen LogP contribution in [0.4, 0.5) is 5.13 Å². The van der Waals surface area contributed by atoms with Crippen molar-refractivity contribution >= 4 is 56.6 Å². The number of hydrogen-bond acceptors (Lipinski definition) is 5. The van der Waals surface area contributed by atoms with Crippen molar-refractivity contribution in [3.05, 3.63) is 57.6 Å². The second kappa shape index (κ2) is 10.3. The van der Waals surface area contributed by atoms with Crippen LogP contribution in [0.5, 0.6) is 0 Å². The molecule has 3 aromatic rings. The van der Waals surface area contributed by atoms with Gasteiger partial charge in [0.25, 0.3) is 5.91 Å². The normalized spacial score (nSPS) is 14.5. The largest absolute Gasteiger partial charge is 0.379 e. The number of fused-ring (bicyclic) bond motifs is 1. The molecule has 0 radical (unpaired) electrons. The van der Waals surface area contributed by atoms with E-state index in [1.807, 2.05) is 49.9 Å². The summed E-state index contributed by atoms with van der Waals surface area (Å²) in [6, 6.07) is 9.84. The Bertz CT molecular complexity index is 1020. The summed E-state index contributed by atoms with van der Waals surface area (Å²) >= 11 is 7.91. The number of benzene rings is 2. The molecule has 0 bridgehead atoms. The number of carbonyl (C=O) groups is 1. The van der Waals surface area contributed by atoms with E-state index in [1.54, 1.807) is 0 Å². The van der Waals surface area contributed by atoms with E-state index in [0.29, 0.717) is 22.3 Å². The highest BCUT2D eigenvalue weighted by molar-refractivity contribution is 7.23. The number of aryl methyl sites for hydroxylation is 3. The van der Waals surface area contributed by atoms with Crippen molar-refractivity contribution in [3.63, 3.8) is 0 Å². The molecule has 0 unspecified atom stereocenters. The van der Waals surface area contributed by atoms with Crippen molar-refractivity contribution in [3.8, 4) is 0 Å². The third-order valence-corrected chi connectivity index (χ3v) is 6.91. The van der Waals surface area contributed by atoms with Gasteiger partial charge < -0.3 is 4.74 Å². The smallest absolute Gasteiger partial charge is 0.260 e. The van der Waals surface area contributed by atoms with Gasteiger partial charge in [-0.3, -0.25) is 14.6 Å². The van der Waals surface area contributed by atoms with Gasteiger partial charge in [-0.2, -0.15) is 0 Å². The molecule has 166 valence electrons. The van der Waals surface area contributed by atoms with Crippen molar-refractivity contribution in [2.45, 2.75) is 20.8 Å². The Morgan fingerprint density at radius 2 is 1.84 bits per heavy atom. The number of carbonyl (C=O) groups excluding carboxylic acids is 1. The first-order valence-corrected chi connectivity index (χ1v) is 11.4. The number of nitrogens with zero attached hydrogens (tertiary/aromatic N) is 3. The van der Waals surface area contributed by atoms with Crippen LogP contribution >= 0.6 is 35.3 Å². The zero-order valence-electron chi connectivity index (χ0n) is 18.0. The molecular weight excluding hydrogens is 453 g/mol. The second-order valence-corrected chi connectivity index (χ2v) is 9.21. The third kappa shape index (κ3) is 5.38. The second-order valence-electron chi connectivity index (χ2n) is 7.83. The standard InChI is InChI=1S/C23H26ClN3O2S.ClH/c1-15-12-16(2)14-18(13-15)22(28)27(7-6-26-8-10-29-11-9-26)23-25-20-17(3)4-5-19(24)21(20)30-23;/h4-5,12-14H,6-11H2,1-3H3;1H. The zero-order chi connectivity index (χ0) is 21.3. The van der Waals surface area contributed by atoms with Crippen molar-refractivity contribution in [2.24, 2.45) is 0 Å². The van der Waals surface area contributed by atoms with Gasteiger partial charge in [0.05, 0.1) is 28.5 Å². The first-order chi connectivity index (χ1) is 14.4. The predicted molar refractivity (Wildman–Crippen MR) is 131 cm³/mol. The molecule has 1 aromatic heterocycles. The van der Waals surface area contributed by atoms with Crippen LogP contribution in [0.25, 0.3) is 10.2 Å². The summed E-state index contributed by atoms with van der Waals surface area (Å²) in [5.74, 6) is -0.0251. The maximum atomic E-state index is 13.6. The molecule has 5 nitrogen and oxygen atoms in total. The maximum absolute atomic E-state index is 13.6. The van der Waals surface area contributed by atoms with E-state index in [-0.39, 0.29) is 18.3 Å². The molecule has 2 aromatic carbocycles. The number of anilines is 1. The number of halogens is 2. The molecule has 2 heterocycles. The Labute approximate surface area is 198 Å². The molecule has 0 aliphatic carbocycles. The van der Waals surface area contributed by atoms with Crippen LogP contribution in [0.1, 0.15) is 27.0 Å². The van der Waals surface area contributed by atoms with Crippen molar-refractivity contribution < 1.29 is 9.53 Å². The van der Waals surface area contributed by atoms with E-state index >= 15 is 0 Å². The molecule has 0 spiro atoms. The molecular formula is C23H27Cl2N3O2S. The number of amides is 1. The molecule has 8 heteroatoms. The monoisotopic (exact) mass is 479 g/mol. The quantitative estimate of drug-likeness (QED) is 0.499. The fraction of sp³-hybridized carbons (Fsp3) is 0.391. The first-order valence-electron chi connectivity index (χ1n) is 10.2. The fourth-order valence-corrected chi connectivity index (χ4v) is 5.15. The van der Waals surface area contributed by atoms with Gasteiger partial charge in [0, 0.05) is 31.7 Å². The summed E-state index contributed by atoms with van der Waals surface area (Å²) in [4.78, 5) is 22.5. The SMILES string of the molecule is Cc1cc(C)cc(C(=O)N(CCN2CCOCC2)c2nc3c(C)ccc(Cl)c3s2)c1.Cl. The number of hydrogen-bond donors (Lipinski definition) is 0. The zero-order valence-corrected chi connectivity index (χ0v) is 20.4. The summed E-state index contributed by atoms with van der Waals surface area (Å²) in [6.45, 7) is 10.6. The van der Waals surface area contributed by atoms with Gasteiger partial charge in [-0.15, -0.1) is 12.4 Å². The average Bonchev–Trinajstić information content (AvgIpc) is 3.17. The van der Waals surface area contributed by atoms with Gasteiger partial charge in [-0.1, -0.05) is 46.2 Å². The van der Waals surface area contributed by atoms with Crippen molar-refractivity contribution in [1.29, 1.82) is 0 Å². The topological polar surface area (TPSA) is 45.7 Å². The van der Waals surface area contributed by atoms with Gasteiger partial charge in [0.15, 0.2) is 5.13 Å². The molecule has 1 amide bonds. The number of aromatic nitrogens is 1. The summed E-state index contributed by atoms with van der Waals surface area (Å²) < 4.78 is 6.38. The number of ether oxygens (including phenoxy) is 1. The Morgan fingerprint density at radius 3 is 2.48 bits per heavy atom. The Kier molecular flexibility index (Phi) is 7.94. The molecule has 1 saturated heterocycles. The van der Waals surface area contributed by atoms with Crippen LogP contribution in [-0.2, 0) is 4.74 Å². The molecule has 0 saturated carbocycles. The fourth-order valence-electron chi connectivity index (χ4n) is 3.81. The van der Waals surface area contributed by atoms with Crippen LogP contribution in [0, 0.1) is 20.8 Å². The predicted octanol–water partition coefficient (Wildman–Crippen LogP) is 5.28. The molecule has 0 N–H and O–H groups in total. The van der Waals surface area contributed by atoms with Gasteiger partial charge in [-0.05, 0) is 44.5 Å². The van der Waals surface area contributed by atoms with E-state index in [4.69, 9.17) is 21.3 Å². The number of morpholine rings is 1. The molecule has 0 atom stereocenters. The lowest BCUT2D eigenvalue weighted by Gasteiger charge is -2.29. The lowest BCUT2D eigenvalue weighted by atomic mass is 10.1. The highest BCUT2D eigenvalue weighted by Gasteiger charge is 2.24. The highest BCUT2D eigenvalue weighted by atomic mass is 35.5. The number of rotatable bonds is 5. The Hall–Kier alpha value is -1.70. The van der Waals surface area contributed by atoms with Gasteiger partial charge in [-0.25, -0.2) is 4.98 Å². The average molecular weight is 480 g/mol. The van der Waals surface area contributed by atoms with E-state index in [1.165, 1.54) is 11.3 Å². The van der Waals surface area contributed by atoms with Crippen LogP contribution in [0.15, 0.2) is 30.3 Å².